The molecule has 1 aliphatic carbocycles. The van der Waals surface area contributed by atoms with Crippen LogP contribution in [0.5, 0.6) is 5.75 Å². The Morgan fingerprint density at radius 2 is 1.87 bits per heavy atom. The molecule has 7 nitrogen and oxygen atoms in total. The van der Waals surface area contributed by atoms with Crippen molar-refractivity contribution in [3.05, 3.63) is 42.2 Å². The highest BCUT2D eigenvalue weighted by molar-refractivity contribution is 7.89. The summed E-state index contributed by atoms with van der Waals surface area (Å²) in [6.07, 6.45) is 8.04. The number of anilines is 1. The number of fused-ring (bicyclic) bond motifs is 1. The Morgan fingerprint density at radius 1 is 1.10 bits per heavy atom. The zero-order valence-corrected chi connectivity index (χ0v) is 18.8. The molecule has 1 amide bonds. The lowest BCUT2D eigenvalue weighted by molar-refractivity contribution is -0.118. The third-order valence-corrected chi connectivity index (χ3v) is 7.63. The first-order valence-corrected chi connectivity index (χ1v) is 12.5. The summed E-state index contributed by atoms with van der Waals surface area (Å²) in [5.74, 6) is 0.978. The quantitative estimate of drug-likeness (QED) is 0.740. The number of carbonyl (C=O) groups excluding carboxylic acids is 1. The van der Waals surface area contributed by atoms with E-state index < -0.39 is 10.0 Å². The minimum Gasteiger partial charge on any atom is -0.489 e. The fraction of sp³-hybridized carbons (Fsp3) is 0.478. The first-order chi connectivity index (χ1) is 14.8. The Bertz CT molecular complexity index is 1060. The highest BCUT2D eigenvalue weighted by Gasteiger charge is 2.25. The van der Waals surface area contributed by atoms with Crippen LogP contribution in [-0.4, -0.2) is 44.3 Å². The van der Waals surface area contributed by atoms with Gasteiger partial charge in [0, 0.05) is 37.0 Å². The van der Waals surface area contributed by atoms with Crippen LogP contribution in [0, 0.1) is 0 Å². The number of rotatable bonds is 6. The number of aryl methyl sites for hydroxylation is 1. The molecule has 2 aromatic rings. The summed E-state index contributed by atoms with van der Waals surface area (Å²) in [6.45, 7) is 1.65. The third kappa shape index (κ3) is 5.07. The number of hydrogen-bond acceptors (Lipinski definition) is 5. The third-order valence-electron chi connectivity index (χ3n) is 6.17. The van der Waals surface area contributed by atoms with Gasteiger partial charge in [-0.3, -0.25) is 9.78 Å². The summed E-state index contributed by atoms with van der Waals surface area (Å²) >= 11 is 0. The van der Waals surface area contributed by atoms with Gasteiger partial charge in [0.1, 0.15) is 5.75 Å². The number of nitrogens with one attached hydrogen (secondary N) is 1. The number of benzene rings is 1. The molecule has 0 unspecified atom stereocenters. The van der Waals surface area contributed by atoms with Crippen LogP contribution in [0.3, 0.4) is 0 Å². The first kappa shape index (κ1) is 21.8. The maximum absolute atomic E-state index is 11.9. The predicted molar refractivity (Wildman–Crippen MR) is 121 cm³/mol. The average Bonchev–Trinajstić information content (AvgIpc) is 2.77. The monoisotopic (exact) mass is 443 g/mol. The number of hydrogen-bond donors (Lipinski definition) is 1. The predicted octanol–water partition coefficient (Wildman–Crippen LogP) is 3.29. The van der Waals surface area contributed by atoms with E-state index >= 15 is 0 Å². The van der Waals surface area contributed by atoms with E-state index in [4.69, 9.17) is 4.74 Å². The van der Waals surface area contributed by atoms with Gasteiger partial charge in [0.15, 0.2) is 0 Å². The molecule has 31 heavy (non-hydrogen) atoms. The number of nitrogens with zero attached hydrogens (tertiary/aromatic N) is 2. The number of pyridine rings is 1. The smallest absolute Gasteiger partial charge is 0.227 e. The molecule has 0 bridgehead atoms. The molecule has 2 aliphatic rings. The minimum atomic E-state index is -3.17. The molecule has 4 rings (SSSR count). The van der Waals surface area contributed by atoms with Gasteiger partial charge >= 0.3 is 0 Å². The molecule has 8 heteroatoms. The molecule has 0 atom stereocenters. The van der Waals surface area contributed by atoms with E-state index in [-0.39, 0.29) is 23.8 Å². The van der Waals surface area contributed by atoms with E-state index in [0.29, 0.717) is 6.42 Å². The van der Waals surface area contributed by atoms with E-state index in [9.17, 15) is 13.2 Å². The molecule has 1 saturated carbocycles. The zero-order chi connectivity index (χ0) is 22.0. The maximum atomic E-state index is 11.9. The second kappa shape index (κ2) is 8.96. The molecule has 0 radical (unpaired) electrons. The van der Waals surface area contributed by atoms with Gasteiger partial charge in [-0.2, -0.15) is 0 Å². The Balaban J connectivity index is 1.41. The van der Waals surface area contributed by atoms with Crippen LogP contribution in [0.4, 0.5) is 5.69 Å². The van der Waals surface area contributed by atoms with Gasteiger partial charge in [-0.1, -0.05) is 6.07 Å². The van der Waals surface area contributed by atoms with Crippen molar-refractivity contribution in [1.82, 2.24) is 9.71 Å². The number of sulfonamides is 1. The minimum absolute atomic E-state index is 0.00484. The Labute approximate surface area is 183 Å². The number of amides is 1. The Hall–Kier alpha value is -2.45. The van der Waals surface area contributed by atoms with Crippen LogP contribution in [0.2, 0.25) is 0 Å². The van der Waals surface area contributed by atoms with Gasteiger partial charge in [0.25, 0.3) is 0 Å². The molecular formula is C23H29N3O4S. The molecular weight excluding hydrogens is 414 g/mol. The van der Waals surface area contributed by atoms with Crippen molar-refractivity contribution in [3.63, 3.8) is 0 Å². The summed E-state index contributed by atoms with van der Waals surface area (Å²) < 4.78 is 32.5. The van der Waals surface area contributed by atoms with Gasteiger partial charge in [0.05, 0.1) is 18.1 Å². The molecule has 166 valence electrons. The van der Waals surface area contributed by atoms with Crippen molar-refractivity contribution in [2.75, 3.05) is 17.7 Å². The van der Waals surface area contributed by atoms with Crippen LogP contribution in [0.25, 0.3) is 11.1 Å². The van der Waals surface area contributed by atoms with Crippen molar-refractivity contribution in [3.8, 4) is 16.9 Å². The van der Waals surface area contributed by atoms with Crippen LogP contribution in [0.1, 0.15) is 44.6 Å². The second-order valence-corrected chi connectivity index (χ2v) is 10.4. The van der Waals surface area contributed by atoms with Crippen molar-refractivity contribution < 1.29 is 17.9 Å². The number of ether oxygens (including phenoxy) is 1. The topological polar surface area (TPSA) is 88.6 Å². The van der Waals surface area contributed by atoms with Gasteiger partial charge < -0.3 is 9.64 Å². The van der Waals surface area contributed by atoms with E-state index in [0.717, 1.165) is 54.7 Å². The normalized spacial score (nSPS) is 21.6. The summed E-state index contributed by atoms with van der Waals surface area (Å²) in [5.41, 5.74) is 4.16. The van der Waals surface area contributed by atoms with E-state index in [1.165, 1.54) is 5.56 Å². The van der Waals surface area contributed by atoms with Crippen LogP contribution >= 0.6 is 0 Å². The molecule has 1 aromatic carbocycles. The summed E-state index contributed by atoms with van der Waals surface area (Å²) in [7, 11) is -1.35. The van der Waals surface area contributed by atoms with E-state index in [2.05, 4.69) is 15.8 Å². The standard InChI is InChI=1S/C23H29N3O4S/c1-3-31(28,29)25-19-6-8-20(9-7-19)30-21-13-18(14-24-15-21)16-4-10-22-17(12-16)5-11-23(27)26(22)2/h4,10,12-15,19-20,25H,3,5-9,11H2,1-2H3. The van der Waals surface area contributed by atoms with Crippen molar-refractivity contribution in [2.24, 2.45) is 0 Å². The highest BCUT2D eigenvalue weighted by Crippen LogP contribution is 2.32. The lowest BCUT2D eigenvalue weighted by atomic mass is 9.93. The lowest BCUT2D eigenvalue weighted by Crippen LogP contribution is -2.40. The summed E-state index contributed by atoms with van der Waals surface area (Å²) in [6, 6.07) is 8.13. The molecule has 1 aliphatic heterocycles. The molecule has 0 spiro atoms. The van der Waals surface area contributed by atoms with E-state index in [1.807, 2.05) is 31.4 Å². The lowest BCUT2D eigenvalue weighted by Gasteiger charge is -2.29. The van der Waals surface area contributed by atoms with Crippen molar-refractivity contribution in [1.29, 1.82) is 0 Å². The van der Waals surface area contributed by atoms with Crippen LogP contribution < -0.4 is 14.4 Å². The SMILES string of the molecule is CCS(=O)(=O)NC1CCC(Oc2cncc(-c3ccc4c(c3)CCC(=O)N4C)c2)CC1. The van der Waals surface area contributed by atoms with E-state index in [1.54, 1.807) is 18.0 Å². The van der Waals surface area contributed by atoms with Gasteiger partial charge in [-0.25, -0.2) is 13.1 Å². The zero-order valence-electron chi connectivity index (χ0n) is 18.0. The molecule has 1 fully saturated rings. The molecule has 1 aromatic heterocycles. The Morgan fingerprint density at radius 3 is 2.61 bits per heavy atom. The largest absolute Gasteiger partial charge is 0.489 e. The van der Waals surface area contributed by atoms with Gasteiger partial charge in [-0.05, 0) is 68.4 Å². The Kier molecular flexibility index (Phi) is 6.29. The summed E-state index contributed by atoms with van der Waals surface area (Å²) in [4.78, 5) is 18.0. The van der Waals surface area contributed by atoms with Gasteiger partial charge in [-0.15, -0.1) is 0 Å². The fourth-order valence-corrected chi connectivity index (χ4v) is 5.22. The molecule has 0 saturated heterocycles. The molecule has 1 N–H and O–H groups in total. The van der Waals surface area contributed by atoms with Gasteiger partial charge in [0.2, 0.25) is 15.9 Å². The highest BCUT2D eigenvalue weighted by atomic mass is 32.2. The average molecular weight is 444 g/mol. The van der Waals surface area contributed by atoms with Crippen LogP contribution in [0.15, 0.2) is 36.7 Å². The number of aromatic nitrogens is 1. The summed E-state index contributed by atoms with van der Waals surface area (Å²) in [5, 5.41) is 0. The fourth-order valence-electron chi connectivity index (χ4n) is 4.31. The van der Waals surface area contributed by atoms with Crippen molar-refractivity contribution in [2.45, 2.75) is 57.6 Å². The van der Waals surface area contributed by atoms with Crippen molar-refractivity contribution >= 4 is 21.6 Å². The second-order valence-electron chi connectivity index (χ2n) is 8.32. The first-order valence-electron chi connectivity index (χ1n) is 10.9. The molecule has 2 heterocycles. The number of carbonyl (C=O) groups is 1. The maximum Gasteiger partial charge on any atom is 0.227 e. The van der Waals surface area contributed by atoms with Crippen LogP contribution in [-0.2, 0) is 21.2 Å².